The number of aromatic nitrogens is 1. The predicted molar refractivity (Wildman–Crippen MR) is 135 cm³/mol. The number of aliphatic hydroxyl groups is 1. The van der Waals surface area contributed by atoms with E-state index in [9.17, 15) is 23.1 Å². The van der Waals surface area contributed by atoms with Gasteiger partial charge in [0.25, 0.3) is 5.91 Å². The molecule has 2 N–H and O–H groups in total. The lowest BCUT2D eigenvalue weighted by Crippen LogP contribution is -2.53. The van der Waals surface area contributed by atoms with Crippen LogP contribution in [0.1, 0.15) is 82.1 Å². The van der Waals surface area contributed by atoms with Crippen molar-refractivity contribution in [1.29, 1.82) is 0 Å². The first-order valence-electron chi connectivity index (χ1n) is 14.2. The monoisotopic (exact) mass is 538 g/mol. The third-order valence-electron chi connectivity index (χ3n) is 10.8. The molecule has 1 amide bonds. The van der Waals surface area contributed by atoms with Crippen LogP contribution in [0.4, 0.5) is 13.2 Å². The van der Waals surface area contributed by atoms with E-state index >= 15 is 0 Å². The predicted octanol–water partition coefficient (Wildman–Crippen LogP) is 5.74. The zero-order chi connectivity index (χ0) is 27.3. The number of methoxy groups -OCH3 is 1. The van der Waals surface area contributed by atoms with E-state index < -0.39 is 17.7 Å². The van der Waals surface area contributed by atoms with Gasteiger partial charge in [0.15, 0.2) is 0 Å². The maximum absolute atomic E-state index is 12.9. The number of rotatable bonds is 6. The van der Waals surface area contributed by atoms with Crippen LogP contribution in [0.25, 0.3) is 0 Å². The highest BCUT2D eigenvalue weighted by atomic mass is 19.4. The van der Waals surface area contributed by atoms with Crippen LogP contribution < -0.4 is 10.1 Å². The largest absolute Gasteiger partial charge is 0.573 e. The maximum atomic E-state index is 12.9. The molecule has 38 heavy (non-hydrogen) atoms. The molecule has 9 heteroatoms. The third kappa shape index (κ3) is 5.29. The Balaban J connectivity index is 1.22. The summed E-state index contributed by atoms with van der Waals surface area (Å²) >= 11 is 0. The molecule has 6 nitrogen and oxygen atoms in total. The molecule has 1 aromatic rings. The summed E-state index contributed by atoms with van der Waals surface area (Å²) in [6.07, 6.45) is 5.92. The van der Waals surface area contributed by atoms with E-state index in [0.29, 0.717) is 36.2 Å². The number of amides is 1. The van der Waals surface area contributed by atoms with E-state index in [1.54, 1.807) is 7.11 Å². The van der Waals surface area contributed by atoms with E-state index in [1.165, 1.54) is 31.7 Å². The summed E-state index contributed by atoms with van der Waals surface area (Å²) in [6.45, 7) is 4.90. The summed E-state index contributed by atoms with van der Waals surface area (Å²) in [6, 6.07) is 2.33. The molecule has 1 aromatic heterocycles. The molecule has 4 aliphatic carbocycles. The average Bonchev–Trinajstić information content (AvgIpc) is 3.20. The van der Waals surface area contributed by atoms with E-state index in [2.05, 4.69) is 28.9 Å². The van der Waals surface area contributed by atoms with Crippen LogP contribution in [-0.2, 0) is 4.74 Å². The third-order valence-corrected chi connectivity index (χ3v) is 10.8. The van der Waals surface area contributed by atoms with Gasteiger partial charge in [-0.1, -0.05) is 6.92 Å². The Bertz CT molecular complexity index is 1000. The molecule has 5 rings (SSSR count). The molecule has 212 valence electrons. The number of hydrogen-bond acceptors (Lipinski definition) is 5. The van der Waals surface area contributed by atoms with Crippen LogP contribution in [0.2, 0.25) is 0 Å². The van der Waals surface area contributed by atoms with Gasteiger partial charge in [-0.05, 0) is 118 Å². The molecular weight excluding hydrogens is 497 g/mol. The number of carbonyl (C=O) groups is 1. The summed E-state index contributed by atoms with van der Waals surface area (Å²) in [5.41, 5.74) is -0.429. The minimum Gasteiger partial charge on any atom is -0.404 e. The SMILES string of the molecule is COC[C@@]1(O)CC[C@H]2[C@H](CC[C@@H]3[C@@H]2CC[C@]2(C)C([C@@H](C)NC(=O)c4ccc(OC(F)(F)F)cn4)CC[C@@H]32)C1. The minimum atomic E-state index is -4.79. The molecule has 9 atom stereocenters. The van der Waals surface area contributed by atoms with Gasteiger partial charge in [-0.2, -0.15) is 0 Å². The smallest absolute Gasteiger partial charge is 0.404 e. The first-order chi connectivity index (χ1) is 17.9. The van der Waals surface area contributed by atoms with E-state index in [4.69, 9.17) is 4.74 Å². The highest BCUT2D eigenvalue weighted by Gasteiger charge is 2.58. The number of pyridine rings is 1. The second-order valence-corrected chi connectivity index (χ2v) is 12.8. The fourth-order valence-electron chi connectivity index (χ4n) is 9.31. The Kier molecular flexibility index (Phi) is 7.48. The van der Waals surface area contributed by atoms with Crippen LogP contribution in [0.15, 0.2) is 18.3 Å². The average molecular weight is 539 g/mol. The highest BCUT2D eigenvalue weighted by Crippen LogP contribution is 2.65. The number of ether oxygens (including phenoxy) is 2. The van der Waals surface area contributed by atoms with E-state index in [1.807, 2.05) is 0 Å². The van der Waals surface area contributed by atoms with Crippen molar-refractivity contribution in [2.75, 3.05) is 13.7 Å². The summed E-state index contributed by atoms with van der Waals surface area (Å²) in [5, 5.41) is 14.1. The van der Waals surface area contributed by atoms with Gasteiger partial charge in [-0.15, -0.1) is 13.2 Å². The molecule has 1 unspecified atom stereocenters. The molecule has 4 fully saturated rings. The Hall–Kier alpha value is -1.87. The fraction of sp³-hybridized carbons (Fsp3) is 0.793. The maximum Gasteiger partial charge on any atom is 0.573 e. The Morgan fingerprint density at radius 2 is 1.89 bits per heavy atom. The van der Waals surface area contributed by atoms with Crippen molar-refractivity contribution in [1.82, 2.24) is 10.3 Å². The number of hydrogen-bond donors (Lipinski definition) is 2. The summed E-state index contributed by atoms with van der Waals surface area (Å²) < 4.78 is 46.4. The van der Waals surface area contributed by atoms with Crippen LogP contribution in [0.3, 0.4) is 0 Å². The quantitative estimate of drug-likeness (QED) is 0.483. The second kappa shape index (κ2) is 10.3. The Morgan fingerprint density at radius 3 is 2.58 bits per heavy atom. The zero-order valence-electron chi connectivity index (χ0n) is 22.6. The molecule has 0 radical (unpaired) electrons. The summed E-state index contributed by atoms with van der Waals surface area (Å²) in [7, 11) is 1.67. The van der Waals surface area contributed by atoms with E-state index in [-0.39, 0.29) is 23.1 Å². The molecule has 0 aliphatic heterocycles. The van der Waals surface area contributed by atoms with Crippen LogP contribution >= 0.6 is 0 Å². The van der Waals surface area contributed by atoms with Gasteiger partial charge in [0.05, 0.1) is 18.4 Å². The summed E-state index contributed by atoms with van der Waals surface area (Å²) in [4.78, 5) is 16.8. The van der Waals surface area contributed by atoms with Crippen molar-refractivity contribution in [3.05, 3.63) is 24.0 Å². The first kappa shape index (κ1) is 27.7. The molecule has 0 aromatic carbocycles. The molecule has 1 heterocycles. The van der Waals surface area contributed by atoms with E-state index in [0.717, 1.165) is 50.3 Å². The molecular formula is C29H41F3N2O4. The lowest BCUT2D eigenvalue weighted by atomic mass is 9.48. The highest BCUT2D eigenvalue weighted by molar-refractivity contribution is 5.92. The normalized spacial score (nSPS) is 39.4. The van der Waals surface area contributed by atoms with Crippen molar-refractivity contribution in [3.8, 4) is 5.75 Å². The minimum absolute atomic E-state index is 0.0583. The van der Waals surface area contributed by atoms with Gasteiger partial charge >= 0.3 is 6.36 Å². The van der Waals surface area contributed by atoms with Crippen LogP contribution in [-0.4, -0.2) is 47.7 Å². The molecule has 0 bridgehead atoms. The standard InChI is InChI=1S/C29H41F3N2O4/c1-17(34-26(35)25-9-5-19(15-33-25)38-29(30,31)32)23-7-8-24-22-6-4-18-14-28(36,16-37-3)13-11-20(18)21(22)10-12-27(23,24)2/h5,9,15,17-18,20-24,36H,4,6-8,10-14,16H2,1-3H3,(H,34,35)/t17-,18-,20+,21-,22-,23?,24+,27-,28-/m1/s1. The topological polar surface area (TPSA) is 80.7 Å². The van der Waals surface area contributed by atoms with Gasteiger partial charge in [0, 0.05) is 13.2 Å². The number of carbonyl (C=O) groups excluding carboxylic acids is 1. The number of nitrogens with one attached hydrogen (secondary N) is 1. The van der Waals surface area contributed by atoms with Gasteiger partial charge in [0.1, 0.15) is 11.4 Å². The Labute approximate surface area is 223 Å². The van der Waals surface area contributed by atoms with Crippen molar-refractivity contribution >= 4 is 5.91 Å². The molecule has 0 spiro atoms. The molecule has 4 saturated carbocycles. The number of alkyl halides is 3. The molecule has 4 aliphatic rings. The van der Waals surface area contributed by atoms with Crippen LogP contribution in [0, 0.1) is 40.9 Å². The second-order valence-electron chi connectivity index (χ2n) is 12.8. The number of fused-ring (bicyclic) bond motifs is 5. The fourth-order valence-corrected chi connectivity index (χ4v) is 9.31. The van der Waals surface area contributed by atoms with Crippen LogP contribution in [0.5, 0.6) is 5.75 Å². The summed E-state index contributed by atoms with van der Waals surface area (Å²) in [5.74, 6) is 2.89. The lowest BCUT2D eigenvalue weighted by Gasteiger charge is -2.57. The van der Waals surface area contributed by atoms with Gasteiger partial charge in [-0.25, -0.2) is 4.98 Å². The van der Waals surface area contributed by atoms with Crippen molar-refractivity contribution in [2.24, 2.45) is 40.9 Å². The lowest BCUT2D eigenvalue weighted by molar-refractivity contribution is -0.274. The molecule has 0 saturated heterocycles. The van der Waals surface area contributed by atoms with Crippen molar-refractivity contribution in [3.63, 3.8) is 0 Å². The zero-order valence-corrected chi connectivity index (χ0v) is 22.6. The first-order valence-corrected chi connectivity index (χ1v) is 14.2. The van der Waals surface area contributed by atoms with Crippen molar-refractivity contribution < 1.29 is 32.5 Å². The number of halogens is 3. The van der Waals surface area contributed by atoms with Crippen molar-refractivity contribution in [2.45, 2.75) is 89.6 Å². The number of nitrogens with zero attached hydrogens (tertiary/aromatic N) is 1. The van der Waals surface area contributed by atoms with Gasteiger partial charge in [-0.3, -0.25) is 4.79 Å². The van der Waals surface area contributed by atoms with Gasteiger partial charge in [0.2, 0.25) is 0 Å². The Morgan fingerprint density at radius 1 is 1.13 bits per heavy atom. The van der Waals surface area contributed by atoms with Gasteiger partial charge < -0.3 is 19.9 Å².